The summed E-state index contributed by atoms with van der Waals surface area (Å²) in [5.74, 6) is -0.316. The molecule has 0 saturated heterocycles. The normalized spacial score (nSPS) is 10.9. The van der Waals surface area contributed by atoms with E-state index in [9.17, 15) is 9.59 Å². The Kier molecular flexibility index (Phi) is 5.59. The van der Waals surface area contributed by atoms with Crippen molar-refractivity contribution in [3.05, 3.63) is 119 Å². The molecule has 1 aromatic heterocycles. The van der Waals surface area contributed by atoms with Crippen molar-refractivity contribution in [2.24, 2.45) is 0 Å². The summed E-state index contributed by atoms with van der Waals surface area (Å²) in [7, 11) is 0. The van der Waals surface area contributed by atoms with Crippen molar-refractivity contribution in [1.29, 1.82) is 0 Å². The number of fused-ring (bicyclic) bond motifs is 2. The molecule has 5 aromatic rings. The molecule has 0 unspecified atom stereocenters. The van der Waals surface area contributed by atoms with Gasteiger partial charge in [-0.2, -0.15) is 0 Å². The van der Waals surface area contributed by atoms with Crippen LogP contribution >= 0.6 is 11.6 Å². The van der Waals surface area contributed by atoms with Crippen LogP contribution in [0, 0.1) is 0 Å². The van der Waals surface area contributed by atoms with Crippen LogP contribution in [0.4, 0.5) is 5.69 Å². The first kappa shape index (κ1) is 20.9. The number of carbonyl (C=O) groups excluding carboxylic acids is 2. The molecule has 0 spiro atoms. The minimum Gasteiger partial charge on any atom is -0.320 e. The zero-order chi connectivity index (χ0) is 22.8. The second-order valence-electron chi connectivity index (χ2n) is 7.77. The summed E-state index contributed by atoms with van der Waals surface area (Å²) < 4.78 is 0. The highest BCUT2D eigenvalue weighted by Crippen LogP contribution is 2.29. The van der Waals surface area contributed by atoms with Gasteiger partial charge >= 0.3 is 0 Å². The maximum Gasteiger partial charge on any atom is 0.274 e. The fourth-order valence-electron chi connectivity index (χ4n) is 3.96. The van der Waals surface area contributed by atoms with Gasteiger partial charge in [-0.05, 0) is 53.4 Å². The average Bonchev–Trinajstić information content (AvgIpc) is 2.84. The van der Waals surface area contributed by atoms with Crippen LogP contribution in [0.3, 0.4) is 0 Å². The highest BCUT2D eigenvalue weighted by atomic mass is 35.5. The highest BCUT2D eigenvalue weighted by molar-refractivity contribution is 6.30. The quantitative estimate of drug-likeness (QED) is 0.302. The summed E-state index contributed by atoms with van der Waals surface area (Å²) in [6.45, 7) is 0. The molecular weight excluding hydrogens is 432 g/mol. The Balaban J connectivity index is 1.48. The number of halogens is 1. The van der Waals surface area contributed by atoms with Crippen molar-refractivity contribution >= 4 is 50.7 Å². The predicted molar refractivity (Wildman–Crippen MR) is 133 cm³/mol. The maximum absolute atomic E-state index is 13.0. The Morgan fingerprint density at radius 1 is 0.758 bits per heavy atom. The number of rotatable bonds is 5. The lowest BCUT2D eigenvalue weighted by atomic mass is 9.96. The Hall–Kier alpha value is -4.02. The molecule has 0 atom stereocenters. The highest BCUT2D eigenvalue weighted by Gasteiger charge is 2.15. The van der Waals surface area contributed by atoms with Crippen molar-refractivity contribution in [2.75, 3.05) is 5.32 Å². The zero-order valence-corrected chi connectivity index (χ0v) is 18.3. The second-order valence-corrected chi connectivity index (χ2v) is 8.21. The summed E-state index contributed by atoms with van der Waals surface area (Å²) >= 11 is 5.95. The molecule has 1 amide bonds. The van der Waals surface area contributed by atoms with Gasteiger partial charge < -0.3 is 5.32 Å². The largest absolute Gasteiger partial charge is 0.320 e. The van der Waals surface area contributed by atoms with E-state index in [2.05, 4.69) is 10.3 Å². The van der Waals surface area contributed by atoms with Gasteiger partial charge in [-0.1, -0.05) is 66.2 Å². The average molecular weight is 451 g/mol. The SMILES string of the molecule is O=C(Cc1cccc2cccc(NC(=O)c3ccc4ccccc4n3)c12)c1ccc(Cl)cc1. The summed E-state index contributed by atoms with van der Waals surface area (Å²) in [5.41, 5.74) is 3.18. The van der Waals surface area contributed by atoms with E-state index in [0.29, 0.717) is 22.0 Å². The molecule has 5 rings (SSSR count). The van der Waals surface area contributed by atoms with E-state index in [-0.39, 0.29) is 18.1 Å². The molecule has 0 aliphatic heterocycles. The third kappa shape index (κ3) is 4.34. The number of carbonyl (C=O) groups is 2. The van der Waals surface area contributed by atoms with Crippen LogP contribution in [0.25, 0.3) is 21.7 Å². The van der Waals surface area contributed by atoms with Crippen LogP contribution in [0.1, 0.15) is 26.4 Å². The summed E-state index contributed by atoms with van der Waals surface area (Å²) in [6, 6.07) is 29.6. The van der Waals surface area contributed by atoms with Crippen LogP contribution < -0.4 is 5.32 Å². The van der Waals surface area contributed by atoms with Gasteiger partial charge in [0, 0.05) is 33.5 Å². The van der Waals surface area contributed by atoms with Gasteiger partial charge in [-0.3, -0.25) is 9.59 Å². The fourth-order valence-corrected chi connectivity index (χ4v) is 4.09. The van der Waals surface area contributed by atoms with Gasteiger partial charge in [0.15, 0.2) is 5.78 Å². The first-order valence-electron chi connectivity index (χ1n) is 10.5. The van der Waals surface area contributed by atoms with E-state index in [0.717, 1.165) is 27.2 Å². The molecule has 4 nitrogen and oxygen atoms in total. The first-order chi connectivity index (χ1) is 16.1. The van der Waals surface area contributed by atoms with Crippen LogP contribution in [-0.2, 0) is 6.42 Å². The van der Waals surface area contributed by atoms with Crippen molar-refractivity contribution < 1.29 is 9.59 Å². The molecule has 4 aromatic carbocycles. The van der Waals surface area contributed by atoms with Crippen molar-refractivity contribution in [1.82, 2.24) is 4.98 Å². The number of aromatic nitrogens is 1. The lowest BCUT2D eigenvalue weighted by Crippen LogP contribution is -2.14. The Labute approximate surface area is 195 Å². The van der Waals surface area contributed by atoms with E-state index in [1.165, 1.54) is 0 Å². The number of benzene rings is 4. The third-order valence-electron chi connectivity index (χ3n) is 5.59. The second kappa shape index (κ2) is 8.85. The molecule has 1 heterocycles. The van der Waals surface area contributed by atoms with E-state index in [1.807, 2.05) is 66.7 Å². The number of para-hydroxylation sites is 1. The van der Waals surface area contributed by atoms with E-state index >= 15 is 0 Å². The molecule has 0 fully saturated rings. The van der Waals surface area contributed by atoms with Crippen LogP contribution in [0.15, 0.2) is 97.1 Å². The molecule has 1 N–H and O–H groups in total. The number of amides is 1. The topological polar surface area (TPSA) is 59.1 Å². The number of hydrogen-bond acceptors (Lipinski definition) is 3. The summed E-state index contributed by atoms with van der Waals surface area (Å²) in [4.78, 5) is 30.4. The van der Waals surface area contributed by atoms with Gasteiger partial charge in [0.25, 0.3) is 5.91 Å². The van der Waals surface area contributed by atoms with E-state index < -0.39 is 0 Å². The number of nitrogens with one attached hydrogen (secondary N) is 1. The lowest BCUT2D eigenvalue weighted by Gasteiger charge is -2.13. The molecule has 5 heteroatoms. The van der Waals surface area contributed by atoms with Crippen molar-refractivity contribution in [3.8, 4) is 0 Å². The number of anilines is 1. The summed E-state index contributed by atoms with van der Waals surface area (Å²) in [5, 5.41) is 6.35. The van der Waals surface area contributed by atoms with Crippen molar-refractivity contribution in [2.45, 2.75) is 6.42 Å². The van der Waals surface area contributed by atoms with E-state index in [1.54, 1.807) is 30.3 Å². The van der Waals surface area contributed by atoms with Gasteiger partial charge in [-0.15, -0.1) is 0 Å². The molecule has 0 bridgehead atoms. The number of pyridine rings is 1. The predicted octanol–water partition coefficient (Wildman–Crippen LogP) is 6.72. The molecule has 33 heavy (non-hydrogen) atoms. The van der Waals surface area contributed by atoms with Gasteiger partial charge in [0.2, 0.25) is 0 Å². The van der Waals surface area contributed by atoms with Gasteiger partial charge in [0.05, 0.1) is 5.52 Å². The standard InChI is InChI=1S/C28H19ClN2O2/c29-22-14-11-19(12-15-22)26(32)17-21-8-3-6-20-7-4-10-24(27(20)21)31-28(33)25-16-13-18-5-1-2-9-23(18)30-25/h1-16H,17H2,(H,31,33). The number of nitrogens with zero attached hydrogens (tertiary/aromatic N) is 1. The number of ketones is 1. The molecule has 0 aliphatic rings. The maximum atomic E-state index is 13.0. The number of Topliss-reactive ketones (excluding diaryl/α,β-unsaturated/α-hetero) is 1. The summed E-state index contributed by atoms with van der Waals surface area (Å²) in [6.07, 6.45) is 0.208. The molecular formula is C28H19ClN2O2. The minimum absolute atomic E-state index is 0.0171. The fraction of sp³-hybridized carbons (Fsp3) is 0.0357. The first-order valence-corrected chi connectivity index (χ1v) is 10.9. The smallest absolute Gasteiger partial charge is 0.274 e. The Morgan fingerprint density at radius 2 is 1.48 bits per heavy atom. The lowest BCUT2D eigenvalue weighted by molar-refractivity contribution is 0.0991. The monoisotopic (exact) mass is 450 g/mol. The molecule has 0 radical (unpaired) electrons. The van der Waals surface area contributed by atoms with E-state index in [4.69, 9.17) is 11.6 Å². The zero-order valence-electron chi connectivity index (χ0n) is 17.6. The molecule has 160 valence electrons. The van der Waals surface area contributed by atoms with Crippen LogP contribution in [0.5, 0.6) is 0 Å². The Bertz CT molecular complexity index is 1500. The molecule has 0 saturated carbocycles. The van der Waals surface area contributed by atoms with Gasteiger partial charge in [-0.25, -0.2) is 4.98 Å². The number of hydrogen-bond donors (Lipinski definition) is 1. The van der Waals surface area contributed by atoms with Crippen LogP contribution in [0.2, 0.25) is 5.02 Å². The third-order valence-corrected chi connectivity index (χ3v) is 5.84. The van der Waals surface area contributed by atoms with Gasteiger partial charge in [0.1, 0.15) is 5.69 Å². The van der Waals surface area contributed by atoms with Crippen molar-refractivity contribution in [3.63, 3.8) is 0 Å². The van der Waals surface area contributed by atoms with Crippen LogP contribution in [-0.4, -0.2) is 16.7 Å². The Morgan fingerprint density at radius 3 is 2.30 bits per heavy atom. The minimum atomic E-state index is -0.299. The molecule has 0 aliphatic carbocycles.